The van der Waals surface area contributed by atoms with Gasteiger partial charge in [0.05, 0.1) is 12.7 Å². The molecule has 2 atom stereocenters. The topological polar surface area (TPSA) is 29.5 Å². The summed E-state index contributed by atoms with van der Waals surface area (Å²) in [5.41, 5.74) is 0.951. The van der Waals surface area contributed by atoms with Crippen LogP contribution >= 0.6 is 0 Å². The van der Waals surface area contributed by atoms with E-state index in [1.807, 2.05) is 31.2 Å². The number of rotatable bonds is 6. The van der Waals surface area contributed by atoms with Crippen LogP contribution in [0.4, 0.5) is 0 Å². The van der Waals surface area contributed by atoms with E-state index in [-0.39, 0.29) is 6.10 Å². The smallest absolute Gasteiger partial charge is 0.119 e. The molecule has 0 radical (unpaired) electrons. The third-order valence-corrected chi connectivity index (χ3v) is 2.79. The summed E-state index contributed by atoms with van der Waals surface area (Å²) in [5.74, 6) is 1.13. The molecular weight excluding hydrogens is 200 g/mol. The van der Waals surface area contributed by atoms with E-state index in [2.05, 4.69) is 13.8 Å². The quantitative estimate of drug-likeness (QED) is 0.797. The fourth-order valence-electron chi connectivity index (χ4n) is 1.90. The molecule has 0 aliphatic heterocycles. The number of hydrogen-bond acceptors (Lipinski definition) is 2. The van der Waals surface area contributed by atoms with Crippen LogP contribution in [0.2, 0.25) is 0 Å². The van der Waals surface area contributed by atoms with Crippen LogP contribution in [0.25, 0.3) is 0 Å². The van der Waals surface area contributed by atoms with Gasteiger partial charge >= 0.3 is 0 Å². The number of ether oxygens (including phenoxy) is 1. The molecule has 2 nitrogen and oxygen atoms in total. The van der Waals surface area contributed by atoms with Crippen molar-refractivity contribution < 1.29 is 9.84 Å². The summed E-state index contributed by atoms with van der Waals surface area (Å²) in [6, 6.07) is 7.74. The van der Waals surface area contributed by atoms with E-state index in [9.17, 15) is 5.11 Å². The molecule has 1 aromatic carbocycles. The van der Waals surface area contributed by atoms with Gasteiger partial charge in [-0.1, -0.05) is 32.4 Å². The Balaban J connectivity index is 2.74. The fourth-order valence-corrected chi connectivity index (χ4v) is 1.90. The Labute approximate surface area is 98.3 Å². The van der Waals surface area contributed by atoms with Crippen molar-refractivity contribution in [1.29, 1.82) is 0 Å². The van der Waals surface area contributed by atoms with Gasteiger partial charge < -0.3 is 9.84 Å². The summed E-state index contributed by atoms with van der Waals surface area (Å²) >= 11 is 0. The van der Waals surface area contributed by atoms with E-state index < -0.39 is 0 Å². The zero-order valence-electron chi connectivity index (χ0n) is 10.4. The van der Waals surface area contributed by atoms with Crippen molar-refractivity contribution in [2.24, 2.45) is 5.92 Å². The summed E-state index contributed by atoms with van der Waals surface area (Å²) < 4.78 is 5.43. The predicted molar refractivity (Wildman–Crippen MR) is 66.6 cm³/mol. The lowest BCUT2D eigenvalue weighted by molar-refractivity contribution is 0.112. The molecule has 1 N–H and O–H groups in total. The van der Waals surface area contributed by atoms with Crippen molar-refractivity contribution in [3.63, 3.8) is 0 Å². The molecule has 0 saturated heterocycles. The number of benzene rings is 1. The van der Waals surface area contributed by atoms with Crippen LogP contribution in [0.3, 0.4) is 0 Å². The second kappa shape index (κ2) is 6.54. The molecular formula is C14H22O2. The Bertz CT molecular complexity index is 309. The van der Waals surface area contributed by atoms with Crippen LogP contribution in [-0.2, 0) is 0 Å². The van der Waals surface area contributed by atoms with Crippen molar-refractivity contribution in [3.05, 3.63) is 29.8 Å². The lowest BCUT2D eigenvalue weighted by Gasteiger charge is -2.19. The van der Waals surface area contributed by atoms with Gasteiger partial charge in [-0.2, -0.15) is 0 Å². The lowest BCUT2D eigenvalue weighted by Crippen LogP contribution is -2.09. The monoisotopic (exact) mass is 222 g/mol. The maximum Gasteiger partial charge on any atom is 0.119 e. The molecule has 0 aliphatic carbocycles. The molecule has 1 aromatic rings. The molecule has 0 saturated carbocycles. The molecule has 0 spiro atoms. The van der Waals surface area contributed by atoms with E-state index in [1.54, 1.807) is 0 Å². The number of aliphatic hydroxyl groups is 1. The molecule has 16 heavy (non-hydrogen) atoms. The van der Waals surface area contributed by atoms with Gasteiger partial charge in [0.15, 0.2) is 0 Å². The maximum atomic E-state index is 10.2. The minimum absolute atomic E-state index is 0.293. The van der Waals surface area contributed by atoms with E-state index >= 15 is 0 Å². The molecule has 2 heteroatoms. The highest BCUT2D eigenvalue weighted by Crippen LogP contribution is 2.27. The highest BCUT2D eigenvalue weighted by Gasteiger charge is 2.15. The fraction of sp³-hybridized carbons (Fsp3) is 0.571. The molecule has 0 fully saturated rings. The molecule has 1 rings (SSSR count). The van der Waals surface area contributed by atoms with Gasteiger partial charge in [0.25, 0.3) is 0 Å². The van der Waals surface area contributed by atoms with Crippen LogP contribution in [0.1, 0.15) is 45.3 Å². The second-order valence-electron chi connectivity index (χ2n) is 4.22. The zero-order chi connectivity index (χ0) is 12.0. The Morgan fingerprint density at radius 2 is 2.06 bits per heavy atom. The highest BCUT2D eigenvalue weighted by molar-refractivity contribution is 5.30. The number of aliphatic hydroxyl groups excluding tert-OH is 1. The molecule has 0 aromatic heterocycles. The standard InChI is InChI=1S/C14H22O2/c1-4-7-11(3)14(15)12-8-6-9-13(10-12)16-5-2/h6,8-11,14-15H,4-5,7H2,1-3H3. The molecule has 0 heterocycles. The van der Waals surface area contributed by atoms with Gasteiger partial charge in [-0.3, -0.25) is 0 Å². The van der Waals surface area contributed by atoms with Gasteiger partial charge in [-0.25, -0.2) is 0 Å². The van der Waals surface area contributed by atoms with Crippen molar-refractivity contribution >= 4 is 0 Å². The lowest BCUT2D eigenvalue weighted by atomic mass is 9.93. The summed E-state index contributed by atoms with van der Waals surface area (Å²) in [4.78, 5) is 0. The summed E-state index contributed by atoms with van der Waals surface area (Å²) in [5, 5.41) is 10.2. The first-order valence-electron chi connectivity index (χ1n) is 6.09. The third-order valence-electron chi connectivity index (χ3n) is 2.79. The number of hydrogen-bond donors (Lipinski definition) is 1. The summed E-state index contributed by atoms with van der Waals surface area (Å²) in [6.45, 7) is 6.84. The summed E-state index contributed by atoms with van der Waals surface area (Å²) in [6.07, 6.45) is 1.75. The normalized spacial score (nSPS) is 14.5. The van der Waals surface area contributed by atoms with Crippen molar-refractivity contribution in [3.8, 4) is 5.75 Å². The largest absolute Gasteiger partial charge is 0.494 e. The first-order valence-corrected chi connectivity index (χ1v) is 6.09. The Hall–Kier alpha value is -1.02. The van der Waals surface area contributed by atoms with Gasteiger partial charge in [0.1, 0.15) is 5.75 Å². The SMILES string of the molecule is CCCC(C)C(O)c1cccc(OCC)c1. The van der Waals surface area contributed by atoms with Gasteiger partial charge in [0.2, 0.25) is 0 Å². The summed E-state index contributed by atoms with van der Waals surface area (Å²) in [7, 11) is 0. The van der Waals surface area contributed by atoms with Crippen LogP contribution in [-0.4, -0.2) is 11.7 Å². The van der Waals surface area contributed by atoms with Gasteiger partial charge in [-0.15, -0.1) is 0 Å². The van der Waals surface area contributed by atoms with Crippen molar-refractivity contribution in [2.45, 2.75) is 39.7 Å². The van der Waals surface area contributed by atoms with Crippen LogP contribution < -0.4 is 4.74 Å². The third kappa shape index (κ3) is 3.53. The maximum absolute atomic E-state index is 10.2. The second-order valence-corrected chi connectivity index (χ2v) is 4.22. The minimum Gasteiger partial charge on any atom is -0.494 e. The molecule has 0 bridgehead atoms. The molecule has 0 aliphatic rings. The van der Waals surface area contributed by atoms with E-state index in [4.69, 9.17) is 4.74 Å². The van der Waals surface area contributed by atoms with Crippen molar-refractivity contribution in [1.82, 2.24) is 0 Å². The Kier molecular flexibility index (Phi) is 5.33. The average molecular weight is 222 g/mol. The predicted octanol–water partition coefficient (Wildman–Crippen LogP) is 3.55. The first-order chi connectivity index (χ1) is 7.69. The molecule has 0 amide bonds. The first kappa shape index (κ1) is 13.0. The minimum atomic E-state index is -0.389. The zero-order valence-corrected chi connectivity index (χ0v) is 10.4. The van der Waals surface area contributed by atoms with Crippen LogP contribution in [0, 0.1) is 5.92 Å². The van der Waals surface area contributed by atoms with E-state index in [0.717, 1.165) is 24.2 Å². The Morgan fingerprint density at radius 1 is 1.31 bits per heavy atom. The van der Waals surface area contributed by atoms with E-state index in [0.29, 0.717) is 12.5 Å². The molecule has 2 unspecified atom stereocenters. The van der Waals surface area contributed by atoms with E-state index in [1.165, 1.54) is 0 Å². The van der Waals surface area contributed by atoms with Crippen LogP contribution in [0.15, 0.2) is 24.3 Å². The Morgan fingerprint density at radius 3 is 2.69 bits per heavy atom. The van der Waals surface area contributed by atoms with Gasteiger partial charge in [-0.05, 0) is 37.0 Å². The molecule has 90 valence electrons. The van der Waals surface area contributed by atoms with Crippen molar-refractivity contribution in [2.75, 3.05) is 6.61 Å². The van der Waals surface area contributed by atoms with Gasteiger partial charge in [0, 0.05) is 0 Å². The van der Waals surface area contributed by atoms with Crippen LogP contribution in [0.5, 0.6) is 5.75 Å². The highest BCUT2D eigenvalue weighted by atomic mass is 16.5. The average Bonchev–Trinajstić information content (AvgIpc) is 2.29.